The number of methoxy groups -OCH3 is 2. The molecule has 0 amide bonds. The van der Waals surface area contributed by atoms with Crippen molar-refractivity contribution < 1.29 is 24.1 Å². The van der Waals surface area contributed by atoms with Gasteiger partial charge in [-0.25, -0.2) is 4.79 Å². The van der Waals surface area contributed by atoms with E-state index in [1.165, 1.54) is 38.5 Å². The second-order valence-electron chi connectivity index (χ2n) is 3.90. The number of carbonyl (C=O) groups is 1. The van der Waals surface area contributed by atoms with Gasteiger partial charge in [-0.05, 0) is 18.2 Å². The maximum atomic E-state index is 11.2. The number of aromatic nitrogens is 2. The fraction of sp³-hybridized carbons (Fsp3) is 0.154. The van der Waals surface area contributed by atoms with E-state index in [9.17, 15) is 4.79 Å². The molecular formula is C13H13N3O5. The van der Waals surface area contributed by atoms with E-state index in [-0.39, 0.29) is 29.1 Å². The van der Waals surface area contributed by atoms with Crippen molar-refractivity contribution in [3.63, 3.8) is 0 Å². The Hall–Kier alpha value is -3.03. The standard InChI is InChI=1S/C13H13N3O5/c1-19-10-6-11(20-2)16-13(15-10)21-9-4-3-7(14)5-8(9)12(17)18/h3-6H,14H2,1-2H3,(H,17,18). The van der Waals surface area contributed by atoms with Gasteiger partial charge in [-0.2, -0.15) is 9.97 Å². The first-order chi connectivity index (χ1) is 10.0. The molecule has 0 fully saturated rings. The minimum Gasteiger partial charge on any atom is -0.481 e. The van der Waals surface area contributed by atoms with Gasteiger partial charge in [0.05, 0.1) is 20.3 Å². The number of hydrogen-bond donors (Lipinski definition) is 2. The molecule has 1 heterocycles. The molecule has 0 saturated carbocycles. The largest absolute Gasteiger partial charge is 0.481 e. The Kier molecular flexibility index (Phi) is 4.07. The lowest BCUT2D eigenvalue weighted by Gasteiger charge is -2.09. The van der Waals surface area contributed by atoms with Crippen LogP contribution < -0.4 is 19.9 Å². The molecule has 2 rings (SSSR count). The van der Waals surface area contributed by atoms with Crippen LogP contribution in [0.2, 0.25) is 0 Å². The fourth-order valence-electron chi connectivity index (χ4n) is 1.54. The van der Waals surface area contributed by atoms with Crippen LogP contribution in [0.4, 0.5) is 5.69 Å². The molecule has 0 atom stereocenters. The average molecular weight is 291 g/mol. The third kappa shape index (κ3) is 3.30. The molecule has 110 valence electrons. The number of hydrogen-bond acceptors (Lipinski definition) is 7. The summed E-state index contributed by atoms with van der Waals surface area (Å²) in [6, 6.07) is 5.59. The minimum atomic E-state index is -1.17. The molecule has 8 nitrogen and oxygen atoms in total. The van der Waals surface area contributed by atoms with Crippen LogP contribution in [0.25, 0.3) is 0 Å². The van der Waals surface area contributed by atoms with E-state index in [0.717, 1.165) is 0 Å². The molecule has 8 heteroatoms. The summed E-state index contributed by atoms with van der Waals surface area (Å²) in [4.78, 5) is 19.1. The Bertz CT molecular complexity index is 653. The average Bonchev–Trinajstić information content (AvgIpc) is 2.48. The summed E-state index contributed by atoms with van der Waals surface area (Å²) in [5, 5.41) is 9.14. The molecule has 0 unspecified atom stereocenters. The number of nitrogens with zero attached hydrogens (tertiary/aromatic N) is 2. The van der Waals surface area contributed by atoms with Gasteiger partial charge in [-0.15, -0.1) is 0 Å². The number of anilines is 1. The van der Waals surface area contributed by atoms with Crippen LogP contribution in [0, 0.1) is 0 Å². The smallest absolute Gasteiger partial charge is 0.339 e. The highest BCUT2D eigenvalue weighted by molar-refractivity contribution is 5.92. The van der Waals surface area contributed by atoms with E-state index in [1.807, 2.05) is 0 Å². The van der Waals surface area contributed by atoms with Gasteiger partial charge in [0, 0.05) is 5.69 Å². The van der Waals surface area contributed by atoms with Gasteiger partial charge >= 0.3 is 12.0 Å². The minimum absolute atomic E-state index is 0.0620. The van der Waals surface area contributed by atoms with E-state index < -0.39 is 5.97 Å². The quantitative estimate of drug-likeness (QED) is 0.797. The topological polar surface area (TPSA) is 117 Å². The van der Waals surface area contributed by atoms with Crippen molar-refractivity contribution in [1.82, 2.24) is 9.97 Å². The number of nitrogens with two attached hydrogens (primary N) is 1. The Labute approximate surface area is 120 Å². The zero-order valence-corrected chi connectivity index (χ0v) is 11.4. The summed E-state index contributed by atoms with van der Waals surface area (Å²) in [7, 11) is 2.86. The molecule has 0 radical (unpaired) electrons. The van der Waals surface area contributed by atoms with Crippen LogP contribution in [0.5, 0.6) is 23.5 Å². The number of rotatable bonds is 5. The van der Waals surface area contributed by atoms with E-state index in [4.69, 9.17) is 25.1 Å². The molecule has 0 saturated heterocycles. The van der Waals surface area contributed by atoms with Crippen molar-refractivity contribution in [3.8, 4) is 23.5 Å². The highest BCUT2D eigenvalue weighted by Crippen LogP contribution is 2.27. The van der Waals surface area contributed by atoms with Crippen LogP contribution >= 0.6 is 0 Å². The van der Waals surface area contributed by atoms with Crippen molar-refractivity contribution in [1.29, 1.82) is 0 Å². The van der Waals surface area contributed by atoms with Crippen molar-refractivity contribution in [2.75, 3.05) is 20.0 Å². The summed E-state index contributed by atoms with van der Waals surface area (Å²) in [5.41, 5.74) is 5.77. The number of nitrogen functional groups attached to an aromatic ring is 1. The molecule has 1 aromatic heterocycles. The first-order valence-electron chi connectivity index (χ1n) is 5.81. The molecule has 0 bridgehead atoms. The second-order valence-corrected chi connectivity index (χ2v) is 3.90. The number of carboxylic acid groups (broad SMARTS) is 1. The van der Waals surface area contributed by atoms with Gasteiger partial charge in [-0.1, -0.05) is 0 Å². The van der Waals surface area contributed by atoms with E-state index >= 15 is 0 Å². The highest BCUT2D eigenvalue weighted by Gasteiger charge is 2.15. The monoisotopic (exact) mass is 291 g/mol. The second kappa shape index (κ2) is 5.95. The molecule has 0 spiro atoms. The van der Waals surface area contributed by atoms with Gasteiger partial charge in [-0.3, -0.25) is 0 Å². The summed E-state index contributed by atoms with van der Waals surface area (Å²) in [6.07, 6.45) is 0. The third-order valence-corrected chi connectivity index (χ3v) is 2.51. The van der Waals surface area contributed by atoms with E-state index in [0.29, 0.717) is 5.69 Å². The summed E-state index contributed by atoms with van der Waals surface area (Å²) >= 11 is 0. The summed E-state index contributed by atoms with van der Waals surface area (Å²) in [5.74, 6) is -0.660. The van der Waals surface area contributed by atoms with Crippen molar-refractivity contribution >= 4 is 11.7 Å². The fourth-order valence-corrected chi connectivity index (χ4v) is 1.54. The number of carboxylic acids is 1. The third-order valence-electron chi connectivity index (χ3n) is 2.51. The summed E-state index contributed by atoms with van der Waals surface area (Å²) < 4.78 is 15.4. The van der Waals surface area contributed by atoms with Crippen LogP contribution in [0.1, 0.15) is 10.4 Å². The van der Waals surface area contributed by atoms with Crippen LogP contribution in [0.15, 0.2) is 24.3 Å². The molecule has 21 heavy (non-hydrogen) atoms. The lowest BCUT2D eigenvalue weighted by molar-refractivity contribution is 0.0694. The zero-order valence-electron chi connectivity index (χ0n) is 11.4. The van der Waals surface area contributed by atoms with Gasteiger partial charge < -0.3 is 25.1 Å². The van der Waals surface area contributed by atoms with Crippen LogP contribution in [0.3, 0.4) is 0 Å². The molecule has 0 aliphatic rings. The van der Waals surface area contributed by atoms with Crippen molar-refractivity contribution in [2.45, 2.75) is 0 Å². The number of aromatic carboxylic acids is 1. The zero-order chi connectivity index (χ0) is 15.4. The molecule has 3 N–H and O–H groups in total. The predicted molar refractivity (Wildman–Crippen MR) is 73.0 cm³/mol. The number of benzene rings is 1. The maximum Gasteiger partial charge on any atom is 0.339 e. The van der Waals surface area contributed by atoms with Crippen LogP contribution in [-0.4, -0.2) is 35.3 Å². The molecular weight excluding hydrogens is 278 g/mol. The highest BCUT2D eigenvalue weighted by atomic mass is 16.5. The molecule has 2 aromatic rings. The Morgan fingerprint density at radius 2 is 1.76 bits per heavy atom. The van der Waals surface area contributed by atoms with Crippen LogP contribution in [-0.2, 0) is 0 Å². The maximum absolute atomic E-state index is 11.2. The van der Waals surface area contributed by atoms with Crippen molar-refractivity contribution in [2.24, 2.45) is 0 Å². The molecule has 1 aromatic carbocycles. The molecule has 0 aliphatic heterocycles. The first kappa shape index (κ1) is 14.4. The predicted octanol–water partition coefficient (Wildman–Crippen LogP) is 1.57. The lowest BCUT2D eigenvalue weighted by Crippen LogP contribution is -2.03. The SMILES string of the molecule is COc1cc(OC)nc(Oc2ccc(N)cc2C(=O)O)n1. The van der Waals surface area contributed by atoms with Crippen molar-refractivity contribution in [3.05, 3.63) is 29.8 Å². The van der Waals surface area contributed by atoms with Gasteiger partial charge in [0.2, 0.25) is 11.8 Å². The van der Waals surface area contributed by atoms with Gasteiger partial charge in [0.25, 0.3) is 0 Å². The number of ether oxygens (including phenoxy) is 3. The van der Waals surface area contributed by atoms with Gasteiger partial charge in [0.1, 0.15) is 11.3 Å². The summed E-state index contributed by atoms with van der Waals surface area (Å²) in [6.45, 7) is 0. The Balaban J connectivity index is 2.40. The van der Waals surface area contributed by atoms with E-state index in [2.05, 4.69) is 9.97 Å². The Morgan fingerprint density at radius 3 is 2.29 bits per heavy atom. The Morgan fingerprint density at radius 1 is 1.14 bits per heavy atom. The lowest BCUT2D eigenvalue weighted by atomic mass is 10.2. The van der Waals surface area contributed by atoms with Gasteiger partial charge in [0.15, 0.2) is 0 Å². The first-order valence-corrected chi connectivity index (χ1v) is 5.81. The normalized spacial score (nSPS) is 10.0. The molecule has 0 aliphatic carbocycles. The van der Waals surface area contributed by atoms with E-state index in [1.54, 1.807) is 0 Å².